The largest absolute Gasteiger partial charge is 0.423 e. The van der Waals surface area contributed by atoms with Crippen LogP contribution in [0.3, 0.4) is 0 Å². The average molecular weight is 409 g/mol. The van der Waals surface area contributed by atoms with Crippen molar-refractivity contribution in [1.82, 2.24) is 0 Å². The maximum atomic E-state index is 12.1. The summed E-state index contributed by atoms with van der Waals surface area (Å²) in [6, 6.07) is 17.3. The normalized spacial score (nSPS) is 17.2. The van der Waals surface area contributed by atoms with Crippen LogP contribution in [0.1, 0.15) is 35.2 Å². The smallest absolute Gasteiger partial charge is 0.336 e. The molecule has 0 spiro atoms. The second-order valence-electron chi connectivity index (χ2n) is 8.48. The number of hydrogen-bond donors (Lipinski definition) is 2. The quantitative estimate of drug-likeness (QED) is 0.608. The van der Waals surface area contributed by atoms with E-state index in [1.54, 1.807) is 11.0 Å². The van der Waals surface area contributed by atoms with Crippen molar-refractivity contribution in [2.45, 2.75) is 39.4 Å². The van der Waals surface area contributed by atoms with E-state index in [1.165, 1.54) is 11.1 Å². The van der Waals surface area contributed by atoms with Crippen LogP contribution in [0.4, 0.5) is 0 Å². The molecule has 1 aromatic heterocycles. The molecule has 3 aromatic rings. The minimum atomic E-state index is -0.278. The Morgan fingerprint density at radius 1 is 1.03 bits per heavy atom. The van der Waals surface area contributed by atoms with E-state index in [4.69, 9.17) is 9.15 Å². The number of fused-ring (bicyclic) bond motifs is 1. The molecule has 158 valence electrons. The summed E-state index contributed by atoms with van der Waals surface area (Å²) in [5.74, 6) is 0. The fourth-order valence-electron chi connectivity index (χ4n) is 4.62. The summed E-state index contributed by atoms with van der Waals surface area (Å²) in [5.41, 5.74) is 5.16. The third kappa shape index (κ3) is 4.48. The van der Waals surface area contributed by atoms with Crippen molar-refractivity contribution in [2.75, 3.05) is 26.3 Å². The third-order valence-corrected chi connectivity index (χ3v) is 6.41. The van der Waals surface area contributed by atoms with E-state index in [-0.39, 0.29) is 5.63 Å². The summed E-state index contributed by atoms with van der Waals surface area (Å²) in [5, 5.41) is 3.40. The number of ether oxygens (including phenoxy) is 1. The van der Waals surface area contributed by atoms with Crippen molar-refractivity contribution in [2.24, 2.45) is 0 Å². The van der Waals surface area contributed by atoms with Crippen molar-refractivity contribution in [3.8, 4) is 0 Å². The van der Waals surface area contributed by atoms with Crippen LogP contribution in [0.5, 0.6) is 0 Å². The van der Waals surface area contributed by atoms with Crippen molar-refractivity contribution >= 4 is 11.0 Å². The van der Waals surface area contributed by atoms with Gasteiger partial charge >= 0.3 is 5.63 Å². The molecule has 2 atom stereocenters. The molecule has 5 heteroatoms. The zero-order chi connectivity index (χ0) is 21.1. The van der Waals surface area contributed by atoms with Crippen molar-refractivity contribution in [1.29, 1.82) is 0 Å². The standard InChI is InChI=1S/C25H30N2O3/c1-17-13-22-21(15-24(28)30-23(22)14-18(17)2)16-26-19(3)25(20-7-5-4-6-8-20)27-9-11-29-12-10-27/h4-8,13-15,19,25-26H,9-12,16H2,1-3H3/p+2/t19-,25-/m1/s1. The van der Waals surface area contributed by atoms with Crippen LogP contribution < -0.4 is 15.8 Å². The Morgan fingerprint density at radius 2 is 1.73 bits per heavy atom. The van der Waals surface area contributed by atoms with E-state index in [1.807, 2.05) is 13.0 Å². The molecule has 0 radical (unpaired) electrons. The minimum absolute atomic E-state index is 0.278. The van der Waals surface area contributed by atoms with Crippen LogP contribution in [0.2, 0.25) is 0 Å². The van der Waals surface area contributed by atoms with Gasteiger partial charge in [0.25, 0.3) is 0 Å². The molecule has 1 fully saturated rings. The predicted molar refractivity (Wildman–Crippen MR) is 118 cm³/mol. The van der Waals surface area contributed by atoms with E-state index in [0.29, 0.717) is 17.7 Å². The molecule has 2 aromatic carbocycles. The second-order valence-corrected chi connectivity index (χ2v) is 8.48. The molecule has 1 saturated heterocycles. The van der Waals surface area contributed by atoms with Crippen molar-refractivity contribution in [3.63, 3.8) is 0 Å². The average Bonchev–Trinajstić information content (AvgIpc) is 2.75. The van der Waals surface area contributed by atoms with Crippen LogP contribution in [-0.4, -0.2) is 32.3 Å². The highest BCUT2D eigenvalue weighted by Crippen LogP contribution is 2.21. The Balaban J connectivity index is 1.60. The van der Waals surface area contributed by atoms with Gasteiger partial charge in [-0.05, 0) is 44.0 Å². The molecule has 2 heterocycles. The number of rotatable bonds is 6. The molecule has 0 saturated carbocycles. The Bertz CT molecular complexity index is 1060. The summed E-state index contributed by atoms with van der Waals surface area (Å²) < 4.78 is 11.1. The number of nitrogens with two attached hydrogens (primary N) is 1. The van der Waals surface area contributed by atoms with Gasteiger partial charge in [-0.2, -0.15) is 0 Å². The SMILES string of the molecule is Cc1cc2oc(=O)cc(C[NH2+][C@H](C)[C@H](c3ccccc3)[NH+]3CCOCC3)c2cc1C. The summed E-state index contributed by atoms with van der Waals surface area (Å²) in [6.07, 6.45) is 0. The summed E-state index contributed by atoms with van der Waals surface area (Å²) in [7, 11) is 0. The lowest BCUT2D eigenvalue weighted by Crippen LogP contribution is -3.17. The molecule has 0 bridgehead atoms. The van der Waals surface area contributed by atoms with E-state index in [2.05, 4.69) is 55.6 Å². The molecule has 3 N–H and O–H groups in total. The Kier molecular flexibility index (Phi) is 6.32. The lowest BCUT2D eigenvalue weighted by Gasteiger charge is -2.34. The molecule has 5 nitrogen and oxygen atoms in total. The number of aryl methyl sites for hydroxylation is 2. The van der Waals surface area contributed by atoms with Gasteiger partial charge in [-0.3, -0.25) is 0 Å². The zero-order valence-electron chi connectivity index (χ0n) is 18.1. The molecule has 1 aliphatic rings. The minimum Gasteiger partial charge on any atom is -0.423 e. The maximum absolute atomic E-state index is 12.1. The fourth-order valence-corrected chi connectivity index (χ4v) is 4.62. The summed E-state index contributed by atoms with van der Waals surface area (Å²) >= 11 is 0. The van der Waals surface area contributed by atoms with Crippen LogP contribution >= 0.6 is 0 Å². The third-order valence-electron chi connectivity index (χ3n) is 6.41. The van der Waals surface area contributed by atoms with Gasteiger partial charge in [0, 0.05) is 22.6 Å². The van der Waals surface area contributed by atoms with Crippen molar-refractivity contribution < 1.29 is 19.4 Å². The topological polar surface area (TPSA) is 60.5 Å². The summed E-state index contributed by atoms with van der Waals surface area (Å²) in [4.78, 5) is 13.7. The van der Waals surface area contributed by atoms with Gasteiger partial charge < -0.3 is 19.4 Å². The number of morpholine rings is 1. The van der Waals surface area contributed by atoms with Gasteiger partial charge in [0.05, 0.1) is 13.2 Å². The fraction of sp³-hybridized carbons (Fsp3) is 0.400. The van der Waals surface area contributed by atoms with E-state index in [9.17, 15) is 4.79 Å². The molecular weight excluding hydrogens is 376 g/mol. The lowest BCUT2D eigenvalue weighted by atomic mass is 9.97. The molecule has 0 unspecified atom stereocenters. The van der Waals surface area contributed by atoms with Gasteiger partial charge in [0.1, 0.15) is 31.3 Å². The Labute approximate surface area is 177 Å². The van der Waals surface area contributed by atoms with Crippen LogP contribution in [0, 0.1) is 13.8 Å². The van der Waals surface area contributed by atoms with Gasteiger partial charge in [-0.1, -0.05) is 30.3 Å². The van der Waals surface area contributed by atoms with Gasteiger partial charge in [0.15, 0.2) is 6.04 Å². The molecule has 0 aliphatic carbocycles. The van der Waals surface area contributed by atoms with Crippen LogP contribution in [-0.2, 0) is 11.3 Å². The van der Waals surface area contributed by atoms with E-state index in [0.717, 1.165) is 49.4 Å². The molecule has 0 amide bonds. The predicted octanol–water partition coefficient (Wildman–Crippen LogP) is 1.52. The summed E-state index contributed by atoms with van der Waals surface area (Å²) in [6.45, 7) is 10.9. The molecule has 30 heavy (non-hydrogen) atoms. The second kappa shape index (κ2) is 9.13. The Hall–Kier alpha value is -2.47. The maximum Gasteiger partial charge on any atom is 0.336 e. The molecule has 4 rings (SSSR count). The van der Waals surface area contributed by atoms with Crippen LogP contribution in [0.25, 0.3) is 11.0 Å². The van der Waals surface area contributed by atoms with Crippen molar-refractivity contribution in [3.05, 3.63) is 81.2 Å². The number of quaternary nitrogens is 2. The number of nitrogens with one attached hydrogen (secondary N) is 1. The van der Waals surface area contributed by atoms with Gasteiger partial charge in [0.2, 0.25) is 0 Å². The van der Waals surface area contributed by atoms with Gasteiger partial charge in [-0.15, -0.1) is 0 Å². The first-order chi connectivity index (χ1) is 14.5. The highest BCUT2D eigenvalue weighted by molar-refractivity contribution is 5.81. The highest BCUT2D eigenvalue weighted by atomic mass is 16.5. The number of benzene rings is 2. The molecular formula is C25H32N2O3+2. The zero-order valence-corrected chi connectivity index (χ0v) is 18.1. The number of hydrogen-bond acceptors (Lipinski definition) is 3. The Morgan fingerprint density at radius 3 is 2.47 bits per heavy atom. The first-order valence-corrected chi connectivity index (χ1v) is 10.9. The van der Waals surface area contributed by atoms with Gasteiger partial charge in [-0.25, -0.2) is 4.79 Å². The highest BCUT2D eigenvalue weighted by Gasteiger charge is 2.33. The first kappa shape index (κ1) is 20.8. The first-order valence-electron chi connectivity index (χ1n) is 10.9. The molecule has 1 aliphatic heterocycles. The lowest BCUT2D eigenvalue weighted by molar-refractivity contribution is -0.959. The van der Waals surface area contributed by atoms with E-state index >= 15 is 0 Å². The van der Waals surface area contributed by atoms with E-state index < -0.39 is 0 Å². The monoisotopic (exact) mass is 408 g/mol. The van der Waals surface area contributed by atoms with Crippen LogP contribution in [0.15, 0.2) is 57.7 Å².